The standard InChI is InChI=1S/C14H26N2O/c15-10-14(5-7-17-8-6-14)16-9-13(11-1-2-11)12-3-4-12/h11-13,16H,1-10,15H2. The Balaban J connectivity index is 1.53. The summed E-state index contributed by atoms with van der Waals surface area (Å²) in [5.41, 5.74) is 6.17. The Morgan fingerprint density at radius 1 is 1.12 bits per heavy atom. The van der Waals surface area contributed by atoms with Crippen molar-refractivity contribution in [3.05, 3.63) is 0 Å². The fourth-order valence-corrected chi connectivity index (χ4v) is 3.32. The van der Waals surface area contributed by atoms with Crippen LogP contribution in [-0.4, -0.2) is 31.8 Å². The molecule has 17 heavy (non-hydrogen) atoms. The third-order valence-corrected chi connectivity index (χ3v) is 5.01. The summed E-state index contributed by atoms with van der Waals surface area (Å²) in [7, 11) is 0. The van der Waals surface area contributed by atoms with Gasteiger partial charge in [0.05, 0.1) is 0 Å². The fourth-order valence-electron chi connectivity index (χ4n) is 3.32. The fraction of sp³-hybridized carbons (Fsp3) is 1.00. The maximum absolute atomic E-state index is 5.99. The lowest BCUT2D eigenvalue weighted by molar-refractivity contribution is 0.0389. The first-order valence-corrected chi connectivity index (χ1v) is 7.36. The highest BCUT2D eigenvalue weighted by atomic mass is 16.5. The molecule has 1 heterocycles. The quantitative estimate of drug-likeness (QED) is 0.737. The molecule has 1 saturated heterocycles. The Labute approximate surface area is 104 Å². The van der Waals surface area contributed by atoms with Gasteiger partial charge in [0.1, 0.15) is 0 Å². The minimum absolute atomic E-state index is 0.181. The van der Waals surface area contributed by atoms with Crippen LogP contribution in [-0.2, 0) is 4.74 Å². The zero-order chi connectivity index (χ0) is 11.7. The first-order valence-electron chi connectivity index (χ1n) is 7.36. The number of nitrogens with two attached hydrogens (primary N) is 1. The summed E-state index contributed by atoms with van der Waals surface area (Å²) in [6, 6.07) is 0. The monoisotopic (exact) mass is 238 g/mol. The van der Waals surface area contributed by atoms with E-state index in [-0.39, 0.29) is 5.54 Å². The number of ether oxygens (including phenoxy) is 1. The Morgan fingerprint density at radius 3 is 2.18 bits per heavy atom. The summed E-state index contributed by atoms with van der Waals surface area (Å²) >= 11 is 0. The van der Waals surface area contributed by atoms with Crippen molar-refractivity contribution < 1.29 is 4.74 Å². The summed E-state index contributed by atoms with van der Waals surface area (Å²) in [5, 5.41) is 3.82. The SMILES string of the molecule is NCC1(NCC(C2CC2)C2CC2)CCOCC1. The Morgan fingerprint density at radius 2 is 1.71 bits per heavy atom. The molecule has 0 spiro atoms. The molecule has 0 amide bonds. The summed E-state index contributed by atoms with van der Waals surface area (Å²) in [6.07, 6.45) is 8.07. The van der Waals surface area contributed by atoms with E-state index in [2.05, 4.69) is 5.32 Å². The largest absolute Gasteiger partial charge is 0.381 e. The molecular weight excluding hydrogens is 212 g/mol. The van der Waals surface area contributed by atoms with E-state index in [1.165, 1.54) is 32.2 Å². The predicted molar refractivity (Wildman–Crippen MR) is 68.8 cm³/mol. The molecule has 0 aromatic heterocycles. The van der Waals surface area contributed by atoms with Crippen molar-refractivity contribution in [2.24, 2.45) is 23.5 Å². The second-order valence-electron chi connectivity index (χ2n) is 6.32. The molecule has 3 rings (SSSR count). The molecule has 0 bridgehead atoms. The predicted octanol–water partition coefficient (Wildman–Crippen LogP) is 1.52. The molecular formula is C14H26N2O. The van der Waals surface area contributed by atoms with E-state index in [4.69, 9.17) is 10.5 Å². The van der Waals surface area contributed by atoms with Crippen LogP contribution in [0.3, 0.4) is 0 Å². The van der Waals surface area contributed by atoms with Gasteiger partial charge in [-0.05, 0) is 62.8 Å². The van der Waals surface area contributed by atoms with Crippen molar-refractivity contribution >= 4 is 0 Å². The molecule has 0 atom stereocenters. The van der Waals surface area contributed by atoms with Crippen molar-refractivity contribution in [2.75, 3.05) is 26.3 Å². The summed E-state index contributed by atoms with van der Waals surface area (Å²) in [5.74, 6) is 3.01. The van der Waals surface area contributed by atoms with E-state index in [0.29, 0.717) is 0 Å². The highest BCUT2D eigenvalue weighted by molar-refractivity contribution is 4.96. The molecule has 3 heteroatoms. The van der Waals surface area contributed by atoms with Crippen LogP contribution in [0.4, 0.5) is 0 Å². The minimum atomic E-state index is 0.181. The Kier molecular flexibility index (Phi) is 3.42. The van der Waals surface area contributed by atoms with Crippen LogP contribution in [0.2, 0.25) is 0 Å². The molecule has 0 unspecified atom stereocenters. The smallest absolute Gasteiger partial charge is 0.0484 e. The van der Waals surface area contributed by atoms with E-state index in [1.54, 1.807) is 0 Å². The van der Waals surface area contributed by atoms with Crippen molar-refractivity contribution in [2.45, 2.75) is 44.1 Å². The third kappa shape index (κ3) is 2.83. The zero-order valence-corrected chi connectivity index (χ0v) is 10.8. The van der Waals surface area contributed by atoms with Crippen LogP contribution < -0.4 is 11.1 Å². The van der Waals surface area contributed by atoms with Gasteiger partial charge in [-0.3, -0.25) is 0 Å². The van der Waals surface area contributed by atoms with Gasteiger partial charge in [-0.1, -0.05) is 0 Å². The van der Waals surface area contributed by atoms with Gasteiger partial charge in [-0.15, -0.1) is 0 Å². The van der Waals surface area contributed by atoms with Crippen LogP contribution in [0.15, 0.2) is 0 Å². The molecule has 0 aromatic carbocycles. The van der Waals surface area contributed by atoms with Gasteiger partial charge < -0.3 is 15.8 Å². The number of hydrogen-bond donors (Lipinski definition) is 2. The number of hydrogen-bond acceptors (Lipinski definition) is 3. The molecule has 0 aromatic rings. The molecule has 0 radical (unpaired) electrons. The van der Waals surface area contributed by atoms with Crippen LogP contribution in [0, 0.1) is 17.8 Å². The summed E-state index contributed by atoms with van der Waals surface area (Å²) in [4.78, 5) is 0. The minimum Gasteiger partial charge on any atom is -0.381 e. The van der Waals surface area contributed by atoms with Gasteiger partial charge in [0.2, 0.25) is 0 Å². The third-order valence-electron chi connectivity index (χ3n) is 5.01. The lowest BCUT2D eigenvalue weighted by atomic mass is 9.88. The summed E-state index contributed by atoms with van der Waals surface area (Å²) in [6.45, 7) is 3.72. The average molecular weight is 238 g/mol. The topological polar surface area (TPSA) is 47.3 Å². The first-order chi connectivity index (χ1) is 8.33. The van der Waals surface area contributed by atoms with E-state index >= 15 is 0 Å². The van der Waals surface area contributed by atoms with Crippen molar-refractivity contribution in [3.63, 3.8) is 0 Å². The molecule has 3 aliphatic rings. The van der Waals surface area contributed by atoms with Gasteiger partial charge in [-0.25, -0.2) is 0 Å². The molecule has 2 saturated carbocycles. The summed E-state index contributed by atoms with van der Waals surface area (Å²) < 4.78 is 5.46. The second kappa shape index (κ2) is 4.87. The van der Waals surface area contributed by atoms with Gasteiger partial charge in [0.25, 0.3) is 0 Å². The molecule has 98 valence electrons. The van der Waals surface area contributed by atoms with Gasteiger partial charge in [-0.2, -0.15) is 0 Å². The van der Waals surface area contributed by atoms with Crippen molar-refractivity contribution in [3.8, 4) is 0 Å². The van der Waals surface area contributed by atoms with Gasteiger partial charge in [0.15, 0.2) is 0 Å². The average Bonchev–Trinajstić information content (AvgIpc) is 3.24. The Bertz CT molecular complexity index is 243. The van der Waals surface area contributed by atoms with Gasteiger partial charge in [0, 0.05) is 25.3 Å². The number of rotatable bonds is 6. The molecule has 3 nitrogen and oxygen atoms in total. The van der Waals surface area contributed by atoms with Gasteiger partial charge >= 0.3 is 0 Å². The van der Waals surface area contributed by atoms with E-state index < -0.39 is 0 Å². The molecule has 3 N–H and O–H groups in total. The highest BCUT2D eigenvalue weighted by Crippen LogP contribution is 2.49. The second-order valence-corrected chi connectivity index (χ2v) is 6.32. The number of nitrogens with one attached hydrogen (secondary N) is 1. The normalized spacial score (nSPS) is 28.6. The zero-order valence-electron chi connectivity index (χ0n) is 10.8. The Hall–Kier alpha value is -0.120. The van der Waals surface area contributed by atoms with Crippen LogP contribution in [0.25, 0.3) is 0 Å². The van der Waals surface area contributed by atoms with Crippen LogP contribution >= 0.6 is 0 Å². The van der Waals surface area contributed by atoms with Crippen molar-refractivity contribution in [1.29, 1.82) is 0 Å². The first kappa shape index (κ1) is 11.9. The van der Waals surface area contributed by atoms with Crippen molar-refractivity contribution in [1.82, 2.24) is 5.32 Å². The molecule has 2 aliphatic carbocycles. The van der Waals surface area contributed by atoms with E-state index in [1.807, 2.05) is 0 Å². The van der Waals surface area contributed by atoms with E-state index in [0.717, 1.165) is 50.4 Å². The maximum Gasteiger partial charge on any atom is 0.0484 e. The lowest BCUT2D eigenvalue weighted by Crippen LogP contribution is -2.56. The van der Waals surface area contributed by atoms with Crippen LogP contribution in [0.1, 0.15) is 38.5 Å². The molecule has 3 fully saturated rings. The van der Waals surface area contributed by atoms with Crippen LogP contribution in [0.5, 0.6) is 0 Å². The lowest BCUT2D eigenvalue weighted by Gasteiger charge is -2.38. The maximum atomic E-state index is 5.99. The molecule has 1 aliphatic heterocycles. The highest BCUT2D eigenvalue weighted by Gasteiger charge is 2.42. The van der Waals surface area contributed by atoms with E-state index in [9.17, 15) is 0 Å².